The van der Waals surface area contributed by atoms with Crippen LogP contribution < -0.4 is 5.32 Å². The molecule has 1 amide bonds. The van der Waals surface area contributed by atoms with Gasteiger partial charge in [-0.05, 0) is 24.2 Å². The van der Waals surface area contributed by atoms with Crippen LogP contribution in [0.3, 0.4) is 0 Å². The van der Waals surface area contributed by atoms with Crippen LogP contribution in [-0.4, -0.2) is 17.3 Å². The molecule has 0 saturated heterocycles. The molecule has 1 rings (SSSR count). The van der Waals surface area contributed by atoms with Crippen LogP contribution in [0, 0.1) is 11.3 Å². The molecule has 1 fully saturated rings. The molecule has 2 unspecified atom stereocenters. The molecule has 0 radical (unpaired) electrons. The lowest BCUT2D eigenvalue weighted by atomic mass is 10.1. The van der Waals surface area contributed by atoms with E-state index < -0.39 is 0 Å². The highest BCUT2D eigenvalue weighted by atomic mass is 79.9. The first-order valence-corrected chi connectivity index (χ1v) is 5.80. The Morgan fingerprint density at radius 1 is 1.69 bits per heavy atom. The summed E-state index contributed by atoms with van der Waals surface area (Å²) < 4.78 is 0. The van der Waals surface area contributed by atoms with Gasteiger partial charge in [-0.2, -0.15) is 0 Å². The smallest absolute Gasteiger partial charge is 0.233 e. The molecule has 0 aliphatic heterocycles. The summed E-state index contributed by atoms with van der Waals surface area (Å²) >= 11 is 3.33. The predicted octanol–water partition coefficient (Wildman–Crippen LogP) is 2.32. The third-order valence-corrected chi connectivity index (χ3v) is 3.95. The minimum atomic E-state index is -0.0191. The third-order valence-electron chi connectivity index (χ3n) is 2.88. The third kappa shape index (κ3) is 2.97. The fraction of sp³-hybridized carbons (Fsp3) is 0.900. The number of amides is 1. The Morgan fingerprint density at radius 3 is 2.62 bits per heavy atom. The van der Waals surface area contributed by atoms with Crippen molar-refractivity contribution in [2.75, 3.05) is 6.54 Å². The Kier molecular flexibility index (Phi) is 3.38. The van der Waals surface area contributed by atoms with Gasteiger partial charge in [0.15, 0.2) is 0 Å². The van der Waals surface area contributed by atoms with E-state index in [1.807, 2.05) is 6.92 Å². The standard InChI is InChI=1S/C10H18BrNO/c1-4-8(11)9(13)12-6-7-5-10(7,2)3/h7-8H,4-6H2,1-3H3,(H,12,13). The maximum Gasteiger partial charge on any atom is 0.233 e. The largest absolute Gasteiger partial charge is 0.355 e. The van der Waals surface area contributed by atoms with Gasteiger partial charge in [-0.3, -0.25) is 4.79 Å². The summed E-state index contributed by atoms with van der Waals surface area (Å²) in [7, 11) is 0. The van der Waals surface area contributed by atoms with Crippen molar-refractivity contribution in [2.24, 2.45) is 11.3 Å². The van der Waals surface area contributed by atoms with Gasteiger partial charge in [0, 0.05) is 6.54 Å². The number of alkyl halides is 1. The normalized spacial score (nSPS) is 26.6. The van der Waals surface area contributed by atoms with Gasteiger partial charge in [0.2, 0.25) is 5.91 Å². The summed E-state index contributed by atoms with van der Waals surface area (Å²) in [5.74, 6) is 0.818. The van der Waals surface area contributed by atoms with E-state index in [-0.39, 0.29) is 10.7 Å². The molecule has 1 aliphatic carbocycles. The van der Waals surface area contributed by atoms with Crippen LogP contribution in [0.5, 0.6) is 0 Å². The van der Waals surface area contributed by atoms with Gasteiger partial charge in [0.25, 0.3) is 0 Å². The molecule has 0 bridgehead atoms. The molecule has 13 heavy (non-hydrogen) atoms. The van der Waals surface area contributed by atoms with Crippen LogP contribution in [-0.2, 0) is 4.79 Å². The molecule has 2 nitrogen and oxygen atoms in total. The molecule has 76 valence electrons. The highest BCUT2D eigenvalue weighted by Gasteiger charge is 2.45. The fourth-order valence-corrected chi connectivity index (χ4v) is 1.61. The molecule has 0 heterocycles. The average Bonchev–Trinajstić information content (AvgIpc) is 2.68. The Bertz CT molecular complexity index is 203. The monoisotopic (exact) mass is 247 g/mol. The summed E-state index contributed by atoms with van der Waals surface area (Å²) in [6, 6.07) is 0. The van der Waals surface area contributed by atoms with E-state index in [1.165, 1.54) is 6.42 Å². The van der Waals surface area contributed by atoms with E-state index in [1.54, 1.807) is 0 Å². The van der Waals surface area contributed by atoms with E-state index in [0.29, 0.717) is 11.3 Å². The van der Waals surface area contributed by atoms with Gasteiger partial charge in [-0.1, -0.05) is 36.7 Å². The minimum absolute atomic E-state index is 0.0191. The SMILES string of the molecule is CCC(Br)C(=O)NCC1CC1(C)C. The van der Waals surface area contributed by atoms with Crippen LogP contribution in [0.25, 0.3) is 0 Å². The molecular weight excluding hydrogens is 230 g/mol. The number of rotatable bonds is 4. The topological polar surface area (TPSA) is 29.1 Å². The lowest BCUT2D eigenvalue weighted by Crippen LogP contribution is -2.32. The highest BCUT2D eigenvalue weighted by molar-refractivity contribution is 9.10. The van der Waals surface area contributed by atoms with Crippen molar-refractivity contribution in [3.05, 3.63) is 0 Å². The zero-order valence-corrected chi connectivity index (χ0v) is 10.1. The van der Waals surface area contributed by atoms with Crippen molar-refractivity contribution >= 4 is 21.8 Å². The van der Waals surface area contributed by atoms with Crippen LogP contribution in [0.1, 0.15) is 33.6 Å². The first kappa shape index (κ1) is 11.0. The molecule has 1 N–H and O–H groups in total. The first-order chi connectivity index (χ1) is 5.97. The molecular formula is C10H18BrNO. The van der Waals surface area contributed by atoms with E-state index in [4.69, 9.17) is 0 Å². The molecule has 0 aromatic rings. The Balaban J connectivity index is 2.17. The van der Waals surface area contributed by atoms with Crippen LogP contribution in [0.2, 0.25) is 0 Å². The number of carbonyl (C=O) groups is 1. The maximum absolute atomic E-state index is 11.4. The summed E-state index contributed by atoms with van der Waals surface area (Å²) in [6.07, 6.45) is 2.09. The lowest BCUT2D eigenvalue weighted by molar-refractivity contribution is -0.120. The zero-order valence-electron chi connectivity index (χ0n) is 8.56. The summed E-state index contributed by atoms with van der Waals surface area (Å²) in [4.78, 5) is 11.3. The fourth-order valence-electron chi connectivity index (χ4n) is 1.44. The minimum Gasteiger partial charge on any atom is -0.355 e. The number of nitrogens with one attached hydrogen (secondary N) is 1. The highest BCUT2D eigenvalue weighted by Crippen LogP contribution is 2.50. The molecule has 0 aromatic heterocycles. The second kappa shape index (κ2) is 3.99. The quantitative estimate of drug-likeness (QED) is 0.760. The van der Waals surface area contributed by atoms with Gasteiger partial charge in [0.1, 0.15) is 0 Å². The van der Waals surface area contributed by atoms with Gasteiger partial charge < -0.3 is 5.32 Å². The summed E-state index contributed by atoms with van der Waals surface area (Å²) in [5.41, 5.74) is 0.460. The van der Waals surface area contributed by atoms with Crippen molar-refractivity contribution in [3.8, 4) is 0 Å². The average molecular weight is 248 g/mol. The zero-order chi connectivity index (χ0) is 10.1. The van der Waals surface area contributed by atoms with Crippen molar-refractivity contribution in [2.45, 2.75) is 38.4 Å². The Morgan fingerprint density at radius 2 is 2.23 bits per heavy atom. The van der Waals surface area contributed by atoms with Crippen LogP contribution in [0.4, 0.5) is 0 Å². The van der Waals surface area contributed by atoms with E-state index in [2.05, 4.69) is 35.1 Å². The van der Waals surface area contributed by atoms with Crippen molar-refractivity contribution in [3.63, 3.8) is 0 Å². The van der Waals surface area contributed by atoms with Gasteiger partial charge in [0.05, 0.1) is 4.83 Å². The lowest BCUT2D eigenvalue weighted by Gasteiger charge is -2.09. The second-order valence-electron chi connectivity index (χ2n) is 4.51. The summed E-state index contributed by atoms with van der Waals surface area (Å²) in [5, 5.41) is 2.97. The number of carbonyl (C=O) groups excluding carboxylic acids is 1. The van der Waals surface area contributed by atoms with E-state index in [0.717, 1.165) is 13.0 Å². The number of halogens is 1. The second-order valence-corrected chi connectivity index (χ2v) is 5.62. The molecule has 3 heteroatoms. The molecule has 0 aromatic carbocycles. The maximum atomic E-state index is 11.4. The molecule has 1 saturated carbocycles. The van der Waals surface area contributed by atoms with E-state index >= 15 is 0 Å². The van der Waals surface area contributed by atoms with Crippen LogP contribution in [0.15, 0.2) is 0 Å². The van der Waals surface area contributed by atoms with Gasteiger partial charge in [-0.15, -0.1) is 0 Å². The van der Waals surface area contributed by atoms with Crippen molar-refractivity contribution in [1.29, 1.82) is 0 Å². The molecule has 2 atom stereocenters. The molecule has 0 spiro atoms. The Labute approximate surface area is 88.6 Å². The molecule has 1 aliphatic rings. The first-order valence-electron chi connectivity index (χ1n) is 4.89. The number of hydrogen-bond donors (Lipinski definition) is 1. The summed E-state index contributed by atoms with van der Waals surface area (Å²) in [6.45, 7) is 7.33. The van der Waals surface area contributed by atoms with Gasteiger partial charge in [-0.25, -0.2) is 0 Å². The predicted molar refractivity (Wildman–Crippen MR) is 57.9 cm³/mol. The van der Waals surface area contributed by atoms with Gasteiger partial charge >= 0.3 is 0 Å². The number of hydrogen-bond acceptors (Lipinski definition) is 1. The van der Waals surface area contributed by atoms with E-state index in [9.17, 15) is 4.79 Å². The van der Waals surface area contributed by atoms with Crippen molar-refractivity contribution in [1.82, 2.24) is 5.32 Å². The van der Waals surface area contributed by atoms with Crippen LogP contribution >= 0.6 is 15.9 Å². The Hall–Kier alpha value is -0.0500. The van der Waals surface area contributed by atoms with Crippen molar-refractivity contribution < 1.29 is 4.79 Å².